The van der Waals surface area contributed by atoms with Gasteiger partial charge in [0.25, 0.3) is 11.7 Å². The van der Waals surface area contributed by atoms with Crippen molar-refractivity contribution in [1.29, 1.82) is 0 Å². The number of amides is 1. The number of phenolic OH excluding ortho intramolecular Hbond substituents is 1. The monoisotopic (exact) mass is 543 g/mol. The number of Topliss-reactive ketones (excluding diaryl/α,β-unsaturated/α-hetero) is 1. The molecular weight excluding hydrogens is 510 g/mol. The number of ketones is 1. The van der Waals surface area contributed by atoms with E-state index in [0.29, 0.717) is 33.7 Å². The zero-order chi connectivity index (χ0) is 29.1. The third-order valence-corrected chi connectivity index (χ3v) is 6.98. The SMILES string of the molecule is CCOC(=O)Cc1ccc(N2C(=O)C(=O)/C(=C(/O)c3cc(C(C)C)c(OC)cc3C)C2c2ccc(O)cc2)cc1. The van der Waals surface area contributed by atoms with Crippen molar-refractivity contribution in [2.45, 2.75) is 46.1 Å². The zero-order valence-corrected chi connectivity index (χ0v) is 23.2. The number of aromatic hydroxyl groups is 1. The van der Waals surface area contributed by atoms with Gasteiger partial charge in [0.15, 0.2) is 0 Å². The Bertz CT molecular complexity index is 1470. The van der Waals surface area contributed by atoms with Gasteiger partial charge < -0.3 is 19.7 Å². The number of benzene rings is 3. The summed E-state index contributed by atoms with van der Waals surface area (Å²) in [5, 5.41) is 21.5. The summed E-state index contributed by atoms with van der Waals surface area (Å²) in [6.45, 7) is 7.81. The van der Waals surface area contributed by atoms with Crippen LogP contribution in [0.3, 0.4) is 0 Å². The van der Waals surface area contributed by atoms with E-state index in [1.54, 1.807) is 69.5 Å². The lowest BCUT2D eigenvalue weighted by molar-refractivity contribution is -0.142. The molecule has 1 atom stereocenters. The van der Waals surface area contributed by atoms with Crippen LogP contribution in [0.1, 0.15) is 60.5 Å². The minimum atomic E-state index is -0.958. The highest BCUT2D eigenvalue weighted by Gasteiger charge is 2.47. The second-order valence-electron chi connectivity index (χ2n) is 9.97. The molecule has 1 heterocycles. The number of nitrogens with zero attached hydrogens (tertiary/aromatic N) is 1. The summed E-state index contributed by atoms with van der Waals surface area (Å²) >= 11 is 0. The van der Waals surface area contributed by atoms with Gasteiger partial charge in [0.2, 0.25) is 0 Å². The minimum Gasteiger partial charge on any atom is -0.508 e. The number of hydrogen-bond donors (Lipinski definition) is 2. The average molecular weight is 544 g/mol. The van der Waals surface area contributed by atoms with Crippen LogP contribution < -0.4 is 9.64 Å². The zero-order valence-electron chi connectivity index (χ0n) is 23.2. The number of phenols is 1. The number of aliphatic hydroxyl groups is 1. The molecule has 8 nitrogen and oxygen atoms in total. The van der Waals surface area contributed by atoms with Crippen molar-refractivity contribution < 1.29 is 34.1 Å². The van der Waals surface area contributed by atoms with E-state index >= 15 is 0 Å². The molecule has 0 radical (unpaired) electrons. The van der Waals surface area contributed by atoms with Crippen LogP contribution in [0.25, 0.3) is 5.76 Å². The first-order valence-electron chi connectivity index (χ1n) is 13.1. The van der Waals surface area contributed by atoms with Gasteiger partial charge in [-0.25, -0.2) is 0 Å². The van der Waals surface area contributed by atoms with Crippen molar-refractivity contribution in [3.63, 3.8) is 0 Å². The number of hydrogen-bond acceptors (Lipinski definition) is 7. The first-order chi connectivity index (χ1) is 19.1. The molecular formula is C32H33NO7. The molecule has 0 aromatic heterocycles. The average Bonchev–Trinajstić information content (AvgIpc) is 3.19. The summed E-state index contributed by atoms with van der Waals surface area (Å²) in [5.74, 6) is -1.51. The van der Waals surface area contributed by atoms with E-state index in [-0.39, 0.29) is 42.0 Å². The van der Waals surface area contributed by atoms with Gasteiger partial charge in [-0.2, -0.15) is 0 Å². The van der Waals surface area contributed by atoms with Crippen LogP contribution in [0.15, 0.2) is 66.2 Å². The van der Waals surface area contributed by atoms with Crippen molar-refractivity contribution in [2.75, 3.05) is 18.6 Å². The Hall–Kier alpha value is -4.59. The van der Waals surface area contributed by atoms with Crippen molar-refractivity contribution in [2.24, 2.45) is 0 Å². The predicted octanol–water partition coefficient (Wildman–Crippen LogP) is 5.56. The van der Waals surface area contributed by atoms with Gasteiger partial charge >= 0.3 is 5.97 Å². The van der Waals surface area contributed by atoms with Crippen LogP contribution in [-0.2, 0) is 25.5 Å². The van der Waals surface area contributed by atoms with E-state index in [9.17, 15) is 24.6 Å². The van der Waals surface area contributed by atoms with E-state index in [1.165, 1.54) is 17.0 Å². The molecule has 0 bridgehead atoms. The van der Waals surface area contributed by atoms with E-state index < -0.39 is 17.7 Å². The summed E-state index contributed by atoms with van der Waals surface area (Å²) in [4.78, 5) is 40.3. The van der Waals surface area contributed by atoms with Gasteiger partial charge in [0.1, 0.15) is 17.3 Å². The Morgan fingerprint density at radius 2 is 1.68 bits per heavy atom. The van der Waals surface area contributed by atoms with Crippen LogP contribution in [0, 0.1) is 6.92 Å². The highest BCUT2D eigenvalue weighted by molar-refractivity contribution is 6.51. The third kappa shape index (κ3) is 5.43. The summed E-state index contributed by atoms with van der Waals surface area (Å²) in [7, 11) is 1.58. The van der Waals surface area contributed by atoms with Crippen LogP contribution in [0.5, 0.6) is 11.5 Å². The molecule has 0 saturated carbocycles. The van der Waals surface area contributed by atoms with E-state index in [4.69, 9.17) is 9.47 Å². The molecule has 40 heavy (non-hydrogen) atoms. The van der Waals surface area contributed by atoms with Crippen molar-refractivity contribution in [3.05, 3.63) is 94.1 Å². The quantitative estimate of drug-likeness (QED) is 0.165. The summed E-state index contributed by atoms with van der Waals surface area (Å²) < 4.78 is 10.5. The lowest BCUT2D eigenvalue weighted by Crippen LogP contribution is -2.29. The van der Waals surface area contributed by atoms with Crippen LogP contribution >= 0.6 is 0 Å². The minimum absolute atomic E-state index is 0.0246. The lowest BCUT2D eigenvalue weighted by atomic mass is 9.91. The van der Waals surface area contributed by atoms with E-state index in [0.717, 1.165) is 5.56 Å². The van der Waals surface area contributed by atoms with Crippen LogP contribution in [-0.4, -0.2) is 41.6 Å². The summed E-state index contributed by atoms with van der Waals surface area (Å²) in [5.41, 5.74) is 3.53. The van der Waals surface area contributed by atoms with Gasteiger partial charge in [0, 0.05) is 11.3 Å². The molecule has 1 aliphatic rings. The second kappa shape index (κ2) is 11.7. The van der Waals surface area contributed by atoms with Gasteiger partial charge in [-0.1, -0.05) is 38.1 Å². The highest BCUT2D eigenvalue weighted by atomic mass is 16.5. The standard InChI is InChI=1S/C32H33NO7/c1-6-40-27(35)16-20-7-11-22(12-8-20)33-29(21-9-13-23(34)14-10-21)28(31(37)32(33)38)30(36)25-17-24(18(2)3)26(39-5)15-19(25)4/h7-15,17-18,29,34,36H,6,16H2,1-5H3/b30-28+. The number of methoxy groups -OCH3 is 1. The van der Waals surface area contributed by atoms with Gasteiger partial charge in [-0.05, 0) is 78.4 Å². The fraction of sp³-hybridized carbons (Fsp3) is 0.281. The molecule has 3 aromatic carbocycles. The molecule has 8 heteroatoms. The molecule has 1 amide bonds. The number of anilines is 1. The van der Waals surface area contributed by atoms with Crippen molar-refractivity contribution >= 4 is 29.1 Å². The first kappa shape index (κ1) is 28.4. The van der Waals surface area contributed by atoms with Gasteiger partial charge in [-0.15, -0.1) is 0 Å². The molecule has 3 aromatic rings. The topological polar surface area (TPSA) is 113 Å². The third-order valence-electron chi connectivity index (χ3n) is 6.98. The maximum atomic E-state index is 13.5. The Labute approximate surface area is 233 Å². The largest absolute Gasteiger partial charge is 0.508 e. The molecule has 1 aliphatic heterocycles. The summed E-state index contributed by atoms with van der Waals surface area (Å²) in [6, 6.07) is 15.5. The molecule has 2 N–H and O–H groups in total. The fourth-order valence-corrected chi connectivity index (χ4v) is 4.95. The molecule has 1 saturated heterocycles. The van der Waals surface area contributed by atoms with Crippen molar-refractivity contribution in [3.8, 4) is 11.5 Å². The molecule has 208 valence electrons. The molecule has 1 fully saturated rings. The second-order valence-corrected chi connectivity index (χ2v) is 9.97. The van der Waals surface area contributed by atoms with E-state index in [2.05, 4.69) is 0 Å². The fourth-order valence-electron chi connectivity index (χ4n) is 4.95. The Morgan fingerprint density at radius 3 is 2.25 bits per heavy atom. The number of esters is 1. The maximum absolute atomic E-state index is 13.5. The van der Waals surface area contributed by atoms with Crippen LogP contribution in [0.4, 0.5) is 5.69 Å². The number of carbonyl (C=O) groups is 3. The molecule has 0 spiro atoms. The molecule has 0 aliphatic carbocycles. The lowest BCUT2D eigenvalue weighted by Gasteiger charge is -2.26. The van der Waals surface area contributed by atoms with Gasteiger partial charge in [0.05, 0.1) is 31.8 Å². The number of ether oxygens (including phenoxy) is 2. The highest BCUT2D eigenvalue weighted by Crippen LogP contribution is 2.43. The number of aryl methyl sites for hydroxylation is 1. The molecule has 4 rings (SSSR count). The molecule has 1 unspecified atom stereocenters. The maximum Gasteiger partial charge on any atom is 0.310 e. The van der Waals surface area contributed by atoms with Crippen molar-refractivity contribution in [1.82, 2.24) is 0 Å². The number of carbonyl (C=O) groups excluding carboxylic acids is 3. The number of rotatable bonds is 8. The Kier molecular flexibility index (Phi) is 8.28. The van der Waals surface area contributed by atoms with Gasteiger partial charge in [-0.3, -0.25) is 19.3 Å². The summed E-state index contributed by atoms with van der Waals surface area (Å²) in [6.07, 6.45) is 0.0727. The van der Waals surface area contributed by atoms with E-state index in [1.807, 2.05) is 13.8 Å². The first-order valence-corrected chi connectivity index (χ1v) is 13.1. The van der Waals surface area contributed by atoms with Crippen LogP contribution in [0.2, 0.25) is 0 Å². The smallest absolute Gasteiger partial charge is 0.310 e. The Morgan fingerprint density at radius 1 is 1.02 bits per heavy atom. The normalized spacial score (nSPS) is 16.4. The Balaban J connectivity index is 1.87. The number of aliphatic hydroxyl groups excluding tert-OH is 1. The predicted molar refractivity (Wildman–Crippen MR) is 151 cm³/mol.